The highest BCUT2D eigenvalue weighted by Crippen LogP contribution is 2.28. The molecule has 0 saturated carbocycles. The number of hydrogen-bond donors (Lipinski definition) is 1. The van der Waals surface area contributed by atoms with Crippen LogP contribution in [0.5, 0.6) is 0 Å². The second-order valence-electron chi connectivity index (χ2n) is 7.34. The molecule has 10 heteroatoms. The van der Waals surface area contributed by atoms with E-state index in [0.717, 1.165) is 32.8 Å². The molecule has 0 bridgehead atoms. The third-order valence-corrected chi connectivity index (χ3v) is 6.96. The number of benzene rings is 3. The van der Waals surface area contributed by atoms with Crippen LogP contribution in [0.1, 0.15) is 11.1 Å². The molecule has 3 aromatic carbocycles. The fourth-order valence-electron chi connectivity index (χ4n) is 3.06. The highest BCUT2D eigenvalue weighted by molar-refractivity contribution is 7.98. The number of nitrogens with one attached hydrogen (secondary N) is 1. The number of anilines is 2. The Balaban J connectivity index is 1.69. The molecular weight excluding hydrogens is 462 g/mol. The van der Waals surface area contributed by atoms with Crippen LogP contribution in [0.15, 0.2) is 77.7 Å². The highest BCUT2D eigenvalue weighted by Gasteiger charge is 2.24. The fraction of sp³-hybridized carbons (Fsp3) is 0.174. The SMILES string of the molecule is Cc1ccc([N+](=O)[O-])cc1N(CC(=O)Nc1ccc(CSc2ccccc2)cc1)S(C)(=O)=O. The van der Waals surface area contributed by atoms with E-state index in [4.69, 9.17) is 0 Å². The van der Waals surface area contributed by atoms with Crippen LogP contribution < -0.4 is 9.62 Å². The van der Waals surface area contributed by atoms with E-state index in [1.807, 2.05) is 42.5 Å². The van der Waals surface area contributed by atoms with Gasteiger partial charge in [0.25, 0.3) is 5.69 Å². The lowest BCUT2D eigenvalue weighted by Gasteiger charge is -2.23. The molecule has 0 saturated heterocycles. The number of carbonyl (C=O) groups is 1. The average molecular weight is 486 g/mol. The molecule has 33 heavy (non-hydrogen) atoms. The molecule has 0 heterocycles. The lowest BCUT2D eigenvalue weighted by Crippen LogP contribution is -2.37. The summed E-state index contributed by atoms with van der Waals surface area (Å²) < 4.78 is 25.6. The molecule has 0 radical (unpaired) electrons. The number of amides is 1. The predicted molar refractivity (Wildman–Crippen MR) is 131 cm³/mol. The standard InChI is InChI=1S/C23H23N3O5S2/c1-17-8-13-20(26(28)29)14-22(17)25(33(2,30)31)15-23(27)24-19-11-9-18(10-12-19)16-32-21-6-4-3-5-7-21/h3-14H,15-16H2,1-2H3,(H,24,27). The van der Waals surface area contributed by atoms with Crippen LogP contribution in [0.3, 0.4) is 0 Å². The maximum atomic E-state index is 12.6. The Labute approximate surface area is 196 Å². The van der Waals surface area contributed by atoms with E-state index in [-0.39, 0.29) is 11.4 Å². The molecule has 0 aromatic heterocycles. The first-order chi connectivity index (χ1) is 15.6. The van der Waals surface area contributed by atoms with Gasteiger partial charge in [0.05, 0.1) is 16.9 Å². The molecule has 1 amide bonds. The van der Waals surface area contributed by atoms with E-state index in [9.17, 15) is 23.3 Å². The van der Waals surface area contributed by atoms with Crippen LogP contribution in [0.4, 0.5) is 17.1 Å². The Hall–Kier alpha value is -3.37. The zero-order chi connectivity index (χ0) is 24.0. The third kappa shape index (κ3) is 6.80. The number of nitro groups is 1. The van der Waals surface area contributed by atoms with Crippen LogP contribution in [0.25, 0.3) is 0 Å². The summed E-state index contributed by atoms with van der Waals surface area (Å²) in [5.74, 6) is 0.212. The molecule has 0 fully saturated rings. The van der Waals surface area contributed by atoms with E-state index in [1.165, 1.54) is 12.1 Å². The number of nitrogens with zero attached hydrogens (tertiary/aromatic N) is 2. The van der Waals surface area contributed by atoms with Crippen LogP contribution in [0.2, 0.25) is 0 Å². The molecule has 0 spiro atoms. The summed E-state index contributed by atoms with van der Waals surface area (Å²) in [5.41, 5.74) is 1.94. The monoisotopic (exact) mass is 485 g/mol. The van der Waals surface area contributed by atoms with Gasteiger partial charge in [-0.05, 0) is 42.3 Å². The smallest absolute Gasteiger partial charge is 0.271 e. The molecule has 0 unspecified atom stereocenters. The average Bonchev–Trinajstić information content (AvgIpc) is 2.77. The van der Waals surface area contributed by atoms with Gasteiger partial charge < -0.3 is 5.32 Å². The normalized spacial score (nSPS) is 11.1. The Kier molecular flexibility index (Phi) is 7.72. The van der Waals surface area contributed by atoms with E-state index in [1.54, 1.807) is 30.8 Å². The molecule has 0 aliphatic carbocycles. The number of aryl methyl sites for hydroxylation is 1. The van der Waals surface area contributed by atoms with Gasteiger partial charge in [-0.15, -0.1) is 11.8 Å². The first-order valence-corrected chi connectivity index (χ1v) is 12.8. The minimum atomic E-state index is -3.86. The van der Waals surface area contributed by atoms with Gasteiger partial charge in [0.2, 0.25) is 15.9 Å². The van der Waals surface area contributed by atoms with Gasteiger partial charge in [0.1, 0.15) is 6.54 Å². The summed E-state index contributed by atoms with van der Waals surface area (Å²) in [7, 11) is -3.86. The second-order valence-corrected chi connectivity index (χ2v) is 10.3. The van der Waals surface area contributed by atoms with E-state index < -0.39 is 27.4 Å². The van der Waals surface area contributed by atoms with Crippen molar-refractivity contribution in [2.24, 2.45) is 0 Å². The number of nitro benzene ring substituents is 1. The summed E-state index contributed by atoms with van der Waals surface area (Å²) >= 11 is 1.70. The van der Waals surface area contributed by atoms with Gasteiger partial charge >= 0.3 is 0 Å². The minimum Gasteiger partial charge on any atom is -0.325 e. The number of hydrogen-bond acceptors (Lipinski definition) is 6. The van der Waals surface area contributed by atoms with Crippen LogP contribution in [-0.2, 0) is 20.6 Å². The molecule has 3 aromatic rings. The zero-order valence-electron chi connectivity index (χ0n) is 18.1. The third-order valence-electron chi connectivity index (χ3n) is 4.75. The van der Waals surface area contributed by atoms with Crippen molar-refractivity contribution < 1.29 is 18.1 Å². The molecule has 0 aliphatic heterocycles. The van der Waals surface area contributed by atoms with Crippen molar-refractivity contribution in [3.63, 3.8) is 0 Å². The van der Waals surface area contributed by atoms with Gasteiger partial charge in [-0.1, -0.05) is 36.4 Å². The Morgan fingerprint density at radius 1 is 1.06 bits per heavy atom. The molecule has 172 valence electrons. The molecule has 0 atom stereocenters. The summed E-state index contributed by atoms with van der Waals surface area (Å²) in [5, 5.41) is 13.8. The lowest BCUT2D eigenvalue weighted by atomic mass is 10.2. The summed E-state index contributed by atoms with van der Waals surface area (Å²) in [6.07, 6.45) is 0.956. The summed E-state index contributed by atoms with van der Waals surface area (Å²) in [4.78, 5) is 24.3. The minimum absolute atomic E-state index is 0.0927. The van der Waals surface area contributed by atoms with Crippen molar-refractivity contribution in [2.75, 3.05) is 22.4 Å². The first-order valence-electron chi connectivity index (χ1n) is 9.93. The predicted octanol–water partition coefficient (Wildman–Crippen LogP) is 4.60. The number of sulfonamides is 1. The van der Waals surface area contributed by atoms with Gasteiger partial charge in [0, 0.05) is 28.5 Å². The number of carbonyl (C=O) groups excluding carboxylic acids is 1. The van der Waals surface area contributed by atoms with Crippen molar-refractivity contribution in [3.05, 3.63) is 94.0 Å². The maximum absolute atomic E-state index is 12.6. The largest absolute Gasteiger partial charge is 0.325 e. The van der Waals surface area contributed by atoms with Gasteiger partial charge in [0.15, 0.2) is 0 Å². The number of non-ortho nitro benzene ring substituents is 1. The van der Waals surface area contributed by atoms with Crippen molar-refractivity contribution in [3.8, 4) is 0 Å². The van der Waals surface area contributed by atoms with Gasteiger partial charge in [-0.3, -0.25) is 19.2 Å². The highest BCUT2D eigenvalue weighted by atomic mass is 32.2. The van der Waals surface area contributed by atoms with Gasteiger partial charge in [-0.2, -0.15) is 0 Å². The Bertz CT molecular complexity index is 1250. The molecule has 3 rings (SSSR count). The lowest BCUT2D eigenvalue weighted by molar-refractivity contribution is -0.384. The zero-order valence-corrected chi connectivity index (χ0v) is 19.7. The van der Waals surface area contributed by atoms with Crippen LogP contribution in [-0.4, -0.2) is 32.0 Å². The quantitative estimate of drug-likeness (QED) is 0.269. The summed E-state index contributed by atoms with van der Waals surface area (Å²) in [6, 6.07) is 21.2. The Morgan fingerprint density at radius 2 is 1.73 bits per heavy atom. The Morgan fingerprint density at radius 3 is 2.33 bits per heavy atom. The number of rotatable bonds is 9. The van der Waals surface area contributed by atoms with Crippen molar-refractivity contribution in [1.82, 2.24) is 0 Å². The van der Waals surface area contributed by atoms with E-state index >= 15 is 0 Å². The first kappa shape index (κ1) is 24.3. The fourth-order valence-corrected chi connectivity index (χ4v) is 4.84. The van der Waals surface area contributed by atoms with Crippen molar-refractivity contribution in [1.29, 1.82) is 0 Å². The molecule has 0 aliphatic rings. The van der Waals surface area contributed by atoms with Crippen molar-refractivity contribution >= 4 is 44.8 Å². The maximum Gasteiger partial charge on any atom is 0.271 e. The van der Waals surface area contributed by atoms with E-state index in [0.29, 0.717) is 11.3 Å². The molecular formula is C23H23N3O5S2. The molecule has 1 N–H and O–H groups in total. The van der Waals surface area contributed by atoms with Crippen LogP contribution in [0, 0.1) is 17.0 Å². The van der Waals surface area contributed by atoms with Crippen LogP contribution >= 0.6 is 11.8 Å². The summed E-state index contributed by atoms with van der Waals surface area (Å²) in [6.45, 7) is 1.12. The van der Waals surface area contributed by atoms with Crippen molar-refractivity contribution in [2.45, 2.75) is 17.6 Å². The van der Waals surface area contributed by atoms with E-state index in [2.05, 4.69) is 5.32 Å². The number of thioether (sulfide) groups is 1. The van der Waals surface area contributed by atoms with Gasteiger partial charge in [-0.25, -0.2) is 8.42 Å². The topological polar surface area (TPSA) is 110 Å². The molecule has 8 nitrogen and oxygen atoms in total. The second kappa shape index (κ2) is 10.5.